The number of fused-ring (bicyclic) bond motifs is 1. The molecule has 2 aromatic carbocycles. The molecule has 3 amide bonds. The molecule has 5 rings (SSSR count). The number of carbonyl (C=O) groups is 3. The lowest BCUT2D eigenvalue weighted by molar-refractivity contribution is -0.151. The molecule has 1 N–H and O–H groups in total. The molecule has 2 aromatic rings. The van der Waals surface area contributed by atoms with Crippen LogP contribution in [0, 0.1) is 17.8 Å². The number of aliphatic hydroxyl groups excluding tert-OH is 1. The fourth-order valence-corrected chi connectivity index (χ4v) is 8.12. The highest BCUT2D eigenvalue weighted by atomic mass is 35.5. The summed E-state index contributed by atoms with van der Waals surface area (Å²) in [5.74, 6) is -2.25. The Morgan fingerprint density at radius 2 is 1.70 bits per heavy atom. The van der Waals surface area contributed by atoms with Crippen LogP contribution in [-0.4, -0.2) is 76.1 Å². The number of carbonyl (C=O) groups excluding carboxylic acids is 3. The summed E-state index contributed by atoms with van der Waals surface area (Å²) in [6, 6.07) is 15.9. The minimum absolute atomic E-state index is 0.0732. The van der Waals surface area contributed by atoms with Crippen molar-refractivity contribution in [2.45, 2.75) is 69.7 Å². The fraction of sp³-hybridized carbons (Fsp3) is 0.486. The van der Waals surface area contributed by atoms with Crippen molar-refractivity contribution in [3.05, 3.63) is 90.5 Å². The Hall–Kier alpha value is -3.46. The number of ether oxygens (including phenoxy) is 1. The third-order valence-corrected chi connectivity index (χ3v) is 10.5. The Kier molecular flexibility index (Phi) is 10.4. The average Bonchev–Trinajstić information content (AvgIpc) is 3.56. The molecule has 0 saturated carbocycles. The van der Waals surface area contributed by atoms with E-state index >= 15 is 0 Å². The Morgan fingerprint density at radius 3 is 2.35 bits per heavy atom. The monoisotopic (exact) mass is 647 g/mol. The minimum atomic E-state index is -1.16. The topological polar surface area (TPSA) is 90.4 Å². The van der Waals surface area contributed by atoms with E-state index in [9.17, 15) is 19.5 Å². The van der Waals surface area contributed by atoms with Crippen LogP contribution in [0.25, 0.3) is 0 Å². The second-order valence-electron chi connectivity index (χ2n) is 13.1. The number of aliphatic hydroxyl groups is 1. The molecule has 6 atom stereocenters. The van der Waals surface area contributed by atoms with Crippen LogP contribution in [0.15, 0.2) is 79.9 Å². The zero-order valence-corrected chi connectivity index (χ0v) is 27.7. The molecule has 1 spiro atoms. The maximum absolute atomic E-state index is 14.8. The van der Waals surface area contributed by atoms with Crippen LogP contribution in [0.2, 0.25) is 5.02 Å². The average molecular weight is 648 g/mol. The zero-order valence-electron chi connectivity index (χ0n) is 26.9. The van der Waals surface area contributed by atoms with Crippen LogP contribution < -0.4 is 4.90 Å². The molecule has 3 heterocycles. The van der Waals surface area contributed by atoms with Gasteiger partial charge in [0.25, 0.3) is 5.91 Å². The fourth-order valence-electron chi connectivity index (χ4n) is 7.99. The van der Waals surface area contributed by atoms with Crippen molar-refractivity contribution in [1.82, 2.24) is 9.80 Å². The maximum atomic E-state index is 14.8. The standard InChI is InChI=1S/C37H46ClN3O5/c1-5-20-39(25-27-14-10-9-11-15-27)33(43)30-31-34(44)41(22-12-7-8-13-23-42)32(37(31)24-26(3)36(30,4)46-37)35(45)40(21-6-2)29-18-16-28(38)17-19-29/h5-6,9-11,14-19,26,30-32,42H,1-2,7-8,12-13,20-25H2,3-4H3/t26?,30-,31+,32?,36+,37?/m1/s1. The van der Waals surface area contributed by atoms with Gasteiger partial charge in [0.05, 0.1) is 17.4 Å². The van der Waals surface area contributed by atoms with Gasteiger partial charge in [-0.1, -0.05) is 73.9 Å². The molecule has 3 fully saturated rings. The lowest BCUT2D eigenvalue weighted by Gasteiger charge is -2.39. The highest BCUT2D eigenvalue weighted by Crippen LogP contribution is 2.65. The molecule has 8 nitrogen and oxygen atoms in total. The summed E-state index contributed by atoms with van der Waals surface area (Å²) in [6.45, 7) is 13.2. The van der Waals surface area contributed by atoms with E-state index < -0.39 is 29.1 Å². The van der Waals surface area contributed by atoms with Crippen molar-refractivity contribution in [3.8, 4) is 0 Å². The Balaban J connectivity index is 1.55. The quantitative estimate of drug-likeness (QED) is 0.200. The lowest BCUT2D eigenvalue weighted by atomic mass is 9.62. The molecule has 2 bridgehead atoms. The number of benzene rings is 2. The molecule has 3 saturated heterocycles. The van der Waals surface area contributed by atoms with E-state index in [1.165, 1.54) is 0 Å². The molecule has 246 valence electrons. The van der Waals surface area contributed by atoms with Gasteiger partial charge in [-0.25, -0.2) is 0 Å². The van der Waals surface area contributed by atoms with Crippen LogP contribution >= 0.6 is 11.6 Å². The highest BCUT2D eigenvalue weighted by Gasteiger charge is 2.80. The van der Waals surface area contributed by atoms with Gasteiger partial charge in [0.15, 0.2) is 0 Å². The number of nitrogens with zero attached hydrogens (tertiary/aromatic N) is 3. The number of likely N-dealkylation sites (tertiary alicyclic amines) is 1. The summed E-state index contributed by atoms with van der Waals surface area (Å²) in [5, 5.41) is 9.82. The van der Waals surface area contributed by atoms with Gasteiger partial charge in [-0.15, -0.1) is 13.2 Å². The van der Waals surface area contributed by atoms with E-state index in [0.29, 0.717) is 49.6 Å². The predicted molar refractivity (Wildman–Crippen MR) is 180 cm³/mol. The van der Waals surface area contributed by atoms with Crippen molar-refractivity contribution in [3.63, 3.8) is 0 Å². The van der Waals surface area contributed by atoms with Crippen molar-refractivity contribution in [2.24, 2.45) is 17.8 Å². The summed E-state index contributed by atoms with van der Waals surface area (Å²) in [5.41, 5.74) is -0.466. The van der Waals surface area contributed by atoms with E-state index in [1.54, 1.807) is 51.1 Å². The first-order valence-electron chi connectivity index (χ1n) is 16.4. The summed E-state index contributed by atoms with van der Waals surface area (Å²) in [6.07, 6.45) is 6.84. The molecule has 0 aromatic heterocycles. The van der Waals surface area contributed by atoms with Crippen molar-refractivity contribution in [2.75, 3.05) is 31.1 Å². The first-order valence-corrected chi connectivity index (χ1v) is 16.7. The minimum Gasteiger partial charge on any atom is -0.396 e. The number of unbranched alkanes of at least 4 members (excludes halogenated alkanes) is 3. The van der Waals surface area contributed by atoms with Crippen molar-refractivity contribution >= 4 is 35.0 Å². The second kappa shape index (κ2) is 14.1. The molecule has 9 heteroatoms. The molecule has 46 heavy (non-hydrogen) atoms. The summed E-state index contributed by atoms with van der Waals surface area (Å²) >= 11 is 6.18. The van der Waals surface area contributed by atoms with Crippen molar-refractivity contribution < 1.29 is 24.2 Å². The van der Waals surface area contributed by atoms with Gasteiger partial charge in [-0.2, -0.15) is 0 Å². The maximum Gasteiger partial charge on any atom is 0.253 e. The molecular formula is C37H46ClN3O5. The van der Waals surface area contributed by atoms with E-state index in [2.05, 4.69) is 20.1 Å². The van der Waals surface area contributed by atoms with Gasteiger partial charge >= 0.3 is 0 Å². The number of rotatable bonds is 15. The Bertz CT molecular complexity index is 1430. The smallest absolute Gasteiger partial charge is 0.253 e. The van der Waals surface area contributed by atoms with Gasteiger partial charge < -0.3 is 24.5 Å². The first-order chi connectivity index (χ1) is 22.1. The van der Waals surface area contributed by atoms with E-state index in [1.807, 2.05) is 37.3 Å². The number of hydrogen-bond donors (Lipinski definition) is 1. The predicted octanol–water partition coefficient (Wildman–Crippen LogP) is 5.64. The number of anilines is 1. The summed E-state index contributed by atoms with van der Waals surface area (Å²) in [4.78, 5) is 49.2. The van der Waals surface area contributed by atoms with Crippen molar-refractivity contribution in [1.29, 1.82) is 0 Å². The van der Waals surface area contributed by atoms with Crippen LogP contribution in [-0.2, 0) is 25.7 Å². The molecule has 3 aliphatic rings. The van der Waals surface area contributed by atoms with Gasteiger partial charge in [-0.05, 0) is 61.9 Å². The number of halogens is 1. The third kappa shape index (κ3) is 6.03. The zero-order chi connectivity index (χ0) is 33.1. The van der Waals surface area contributed by atoms with E-state index in [-0.39, 0.29) is 36.8 Å². The lowest BCUT2D eigenvalue weighted by Crippen LogP contribution is -2.57. The summed E-state index contributed by atoms with van der Waals surface area (Å²) < 4.78 is 7.00. The van der Waals surface area contributed by atoms with Gasteiger partial charge in [0.2, 0.25) is 11.8 Å². The SMILES string of the molecule is C=CCN(Cc1ccccc1)C(=O)[C@H]1[C@H]2C(=O)N(CCCCCCO)C(C(=O)N(CC=C)c3ccc(Cl)cc3)C23CC(C)[C@]1(C)O3. The Labute approximate surface area is 277 Å². The molecule has 3 unspecified atom stereocenters. The van der Waals surface area contributed by atoms with Crippen LogP contribution in [0.1, 0.15) is 51.5 Å². The van der Waals surface area contributed by atoms with Crippen LogP contribution in [0.4, 0.5) is 5.69 Å². The number of amides is 3. The van der Waals surface area contributed by atoms with E-state index in [4.69, 9.17) is 16.3 Å². The van der Waals surface area contributed by atoms with Crippen LogP contribution in [0.5, 0.6) is 0 Å². The van der Waals surface area contributed by atoms with Gasteiger partial charge in [0.1, 0.15) is 11.6 Å². The van der Waals surface area contributed by atoms with Crippen LogP contribution in [0.3, 0.4) is 0 Å². The second-order valence-corrected chi connectivity index (χ2v) is 13.5. The highest BCUT2D eigenvalue weighted by molar-refractivity contribution is 6.30. The third-order valence-electron chi connectivity index (χ3n) is 10.2. The molecule has 3 aliphatic heterocycles. The molecule has 0 aliphatic carbocycles. The molecule has 0 radical (unpaired) electrons. The van der Waals surface area contributed by atoms with Gasteiger partial charge in [0, 0.05) is 43.5 Å². The van der Waals surface area contributed by atoms with E-state index in [0.717, 1.165) is 18.4 Å². The Morgan fingerprint density at radius 1 is 1.02 bits per heavy atom. The summed E-state index contributed by atoms with van der Waals surface area (Å²) in [7, 11) is 0. The molecular weight excluding hydrogens is 602 g/mol. The number of hydrogen-bond acceptors (Lipinski definition) is 5. The largest absolute Gasteiger partial charge is 0.396 e. The normalized spacial score (nSPS) is 27.8. The van der Waals surface area contributed by atoms with Gasteiger partial charge in [-0.3, -0.25) is 14.4 Å². The first kappa shape index (κ1) is 33.9.